The fraction of sp³-hybridized carbons (Fsp3) is 0.538. The Balaban J connectivity index is 0.000000154. The van der Waals surface area contributed by atoms with Gasteiger partial charge < -0.3 is 20.9 Å². The van der Waals surface area contributed by atoms with Crippen LogP contribution in [0.15, 0.2) is 103 Å². The van der Waals surface area contributed by atoms with Crippen molar-refractivity contribution in [2.24, 2.45) is 22.0 Å². The first kappa shape index (κ1) is 78.1. The van der Waals surface area contributed by atoms with Gasteiger partial charge in [-0.05, 0) is 252 Å². The third-order valence-corrected chi connectivity index (χ3v) is 31.3. The molecule has 3 aliphatic carbocycles. The Bertz CT molecular complexity index is 3640. The molecule has 3 saturated heterocycles. The highest BCUT2D eigenvalue weighted by Crippen LogP contribution is 2.50. The van der Waals surface area contributed by atoms with Gasteiger partial charge in [0.25, 0.3) is 0 Å². The monoisotopic (exact) mass is 1850 g/mol. The Morgan fingerprint density at radius 1 is 0.511 bits per heavy atom. The van der Waals surface area contributed by atoms with Crippen LogP contribution in [-0.4, -0.2) is 105 Å². The van der Waals surface area contributed by atoms with Crippen molar-refractivity contribution in [3.8, 4) is 0 Å². The minimum absolute atomic E-state index is 0.156. The Morgan fingerprint density at radius 3 is 1.22 bits per heavy atom. The van der Waals surface area contributed by atoms with Gasteiger partial charge in [0.1, 0.15) is 43.0 Å². The second kappa shape index (κ2) is 34.9. The summed E-state index contributed by atoms with van der Waals surface area (Å²) in [6, 6.07) is 17.8. The van der Waals surface area contributed by atoms with E-state index in [0.717, 1.165) is 124 Å². The third kappa shape index (κ3) is 20.2. The lowest BCUT2D eigenvalue weighted by atomic mass is 9.74. The maximum absolute atomic E-state index is 12.7. The van der Waals surface area contributed by atoms with E-state index in [1.165, 1.54) is 106 Å². The van der Waals surface area contributed by atoms with Crippen molar-refractivity contribution >= 4 is 218 Å². The van der Waals surface area contributed by atoms with Crippen LogP contribution in [-0.2, 0) is 22.0 Å². The van der Waals surface area contributed by atoms with Crippen LogP contribution in [0.25, 0.3) is 0 Å². The van der Waals surface area contributed by atoms with Gasteiger partial charge in [-0.3, -0.25) is 0 Å². The van der Waals surface area contributed by atoms with Crippen LogP contribution in [0.3, 0.4) is 0 Å². The van der Waals surface area contributed by atoms with E-state index in [1.807, 2.05) is 90.3 Å². The molecule has 6 aliphatic rings. The zero-order chi connectivity index (χ0) is 67.8. The first-order valence-corrected chi connectivity index (χ1v) is 42.1. The van der Waals surface area contributed by atoms with Crippen LogP contribution in [0.1, 0.15) is 138 Å². The number of anilines is 2. The Kier molecular flexibility index (Phi) is 29.0. The minimum Gasteiger partial charge on any atom is -0.355 e. The van der Waals surface area contributed by atoms with Crippen LogP contribution in [0.4, 0.5) is 11.6 Å². The van der Waals surface area contributed by atoms with Crippen molar-refractivity contribution in [1.82, 2.24) is 44.7 Å². The van der Waals surface area contributed by atoms with E-state index in [2.05, 4.69) is 112 Å². The number of halogens is 10. The number of aromatic nitrogens is 6. The number of piperidine rings is 3. The number of nitrogens with one attached hydrogen (secondary N) is 3. The molecule has 6 heterocycles. The lowest BCUT2D eigenvalue weighted by Gasteiger charge is -2.44. The molecule has 3 saturated carbocycles. The summed E-state index contributed by atoms with van der Waals surface area (Å²) in [4.78, 5) is 34.6. The Morgan fingerprint density at radius 2 is 0.862 bits per heavy atom. The first-order chi connectivity index (χ1) is 44.6. The fourth-order valence-corrected chi connectivity index (χ4v) is 21.3. The molecule has 29 heteroatoms. The summed E-state index contributed by atoms with van der Waals surface area (Å²) in [6.45, 7) is 18.4. The van der Waals surface area contributed by atoms with E-state index in [1.54, 1.807) is 18.2 Å². The van der Waals surface area contributed by atoms with Crippen molar-refractivity contribution in [2.75, 3.05) is 49.1 Å². The van der Waals surface area contributed by atoms with E-state index in [-0.39, 0.29) is 14.9 Å². The van der Waals surface area contributed by atoms with Gasteiger partial charge in [-0.15, -0.1) is 0 Å². The molecule has 5 N–H and O–H groups in total. The number of nitrogens with two attached hydrogens (primary N) is 1. The van der Waals surface area contributed by atoms with Crippen molar-refractivity contribution < 1.29 is 8.42 Å². The van der Waals surface area contributed by atoms with Crippen LogP contribution in [0.5, 0.6) is 0 Å². The van der Waals surface area contributed by atoms with E-state index in [9.17, 15) is 8.42 Å². The number of nitrogens with zero attached hydrogens (tertiary/aromatic N) is 8. The average molecular weight is 1850 g/mol. The van der Waals surface area contributed by atoms with Crippen molar-refractivity contribution in [3.63, 3.8) is 0 Å². The van der Waals surface area contributed by atoms with Crippen LogP contribution in [0.2, 0.25) is 35.3 Å². The molecular formula is C65H80Cl7I3N12O2S5. The van der Waals surface area contributed by atoms with E-state index in [4.69, 9.17) is 96.9 Å². The summed E-state index contributed by atoms with van der Waals surface area (Å²) in [5.41, 5.74) is 7.41. The smallest absolute Gasteiger partial charge is 0.148 e. The summed E-state index contributed by atoms with van der Waals surface area (Å²) in [6.07, 6.45) is 23.2. The maximum Gasteiger partial charge on any atom is 0.148 e. The number of hydrogen-bond acceptors (Lipinski definition) is 15. The molecule has 3 aromatic heterocycles. The molecular weight excluding hydrogens is 1770 g/mol. The molecule has 6 fully saturated rings. The molecule has 0 bridgehead atoms. The molecule has 0 amide bonds. The predicted molar refractivity (Wildman–Crippen MR) is 422 cm³/mol. The molecule has 12 rings (SSSR count). The predicted octanol–water partition coefficient (Wildman–Crippen LogP) is 19.5. The molecule has 0 radical (unpaired) electrons. The second-order valence-electron chi connectivity index (χ2n) is 26.6. The van der Waals surface area contributed by atoms with Crippen LogP contribution in [0, 0.1) is 27.3 Å². The first-order valence-electron chi connectivity index (χ1n) is 31.5. The summed E-state index contributed by atoms with van der Waals surface area (Å²) in [5.74, 6) is 1.86. The topological polar surface area (TPSA) is 180 Å². The van der Waals surface area contributed by atoms with Crippen LogP contribution < -0.4 is 30.3 Å². The van der Waals surface area contributed by atoms with Gasteiger partial charge in [0.05, 0.1) is 80.2 Å². The summed E-state index contributed by atoms with van der Waals surface area (Å²) in [7, 11) is -1.96. The molecule has 94 heavy (non-hydrogen) atoms. The molecule has 3 aromatic carbocycles. The van der Waals surface area contributed by atoms with Gasteiger partial charge >= 0.3 is 0 Å². The lowest BCUT2D eigenvalue weighted by Crippen LogP contribution is -2.51. The largest absolute Gasteiger partial charge is 0.355 e. The van der Waals surface area contributed by atoms with E-state index >= 15 is 0 Å². The number of hydrogen-bond donors (Lipinski definition) is 4. The highest BCUT2D eigenvalue weighted by atomic mass is 127. The Labute approximate surface area is 649 Å². The van der Waals surface area contributed by atoms with Gasteiger partial charge in [0, 0.05) is 59.0 Å². The van der Waals surface area contributed by atoms with Gasteiger partial charge in [0.15, 0.2) is 0 Å². The molecule has 0 unspecified atom stereocenters. The van der Waals surface area contributed by atoms with Gasteiger partial charge in [-0.2, -0.15) is 0 Å². The number of benzene rings is 3. The number of rotatable bonds is 12. The fourth-order valence-electron chi connectivity index (χ4n) is 13.1. The summed E-state index contributed by atoms with van der Waals surface area (Å²) in [5, 5.41) is 9.45. The molecule has 5 atom stereocenters. The molecule has 3 aliphatic heterocycles. The SMILES string of the molecule is CC(C)(C)[S@@](=O)N[C@@H]1CCCC12CCN(c1cnc(Sc3cccc(Cl)c3Cl)c(I)n1)CC2.CC(C)(C)[S@@](=O)N[C@@H]1CCCC12CCNCC2.Clc1cnc(Sc2cccc(Cl)c2Cl)c(I)n1.N[C@@H]1CCCC12CCN(c1cnc(Sc3cccc(Cl)c3Cl)c(I)n1)CC2. The second-order valence-corrected chi connectivity index (χ2v) is 39.5. The van der Waals surface area contributed by atoms with Gasteiger partial charge in [-0.25, -0.2) is 47.8 Å². The molecule has 512 valence electrons. The third-order valence-electron chi connectivity index (χ3n) is 18.6. The van der Waals surface area contributed by atoms with Gasteiger partial charge in [0.2, 0.25) is 0 Å². The summed E-state index contributed by atoms with van der Waals surface area (Å²) < 4.78 is 33.9. The lowest BCUT2D eigenvalue weighted by molar-refractivity contribution is 0.175. The Hall–Kier alpha value is -0.0900. The van der Waals surface area contributed by atoms with Crippen molar-refractivity contribution in [2.45, 2.75) is 195 Å². The van der Waals surface area contributed by atoms with E-state index in [0.29, 0.717) is 64.2 Å². The van der Waals surface area contributed by atoms with Gasteiger partial charge in [-0.1, -0.05) is 154 Å². The highest BCUT2D eigenvalue weighted by Gasteiger charge is 2.48. The van der Waals surface area contributed by atoms with E-state index < -0.39 is 22.0 Å². The molecule has 3 spiro atoms. The zero-order valence-corrected chi connectivity index (χ0v) is 69.1. The standard InChI is InChI=1S/C23H29Cl2IN4OS2.C19H21Cl2IN4S.C13H26N2OS.C10H4Cl3IN2S/c1-22(2,3)33(31)29-17-8-5-9-23(17)10-12-30(13-11-23)18-14-27-21(20(26)28-18)32-16-7-4-6-15(24)19(16)25;20-12-3-1-4-13(16(12)21)27-18-17(22)25-15(11-24-18)26-9-7-19(8-10-26)6-2-5-14(19)23;1-12(2,3)17(16)15-11-5-4-6-13(11)7-9-14-10-8-13;11-5-2-1-3-6(8(5)13)17-10-9(14)16-7(12)4-15-10/h4,6-7,14,17,29H,5,8-13H2,1-3H3;1,3-4,11,14H,2,5-10,23H2;11,14-15H,4-10H2,1-3H3;1-4H/t17-,33-;14-;11-,17-;/m111./s1. The summed E-state index contributed by atoms with van der Waals surface area (Å²) >= 11 is 53.6. The van der Waals surface area contributed by atoms with Crippen molar-refractivity contribution in [1.29, 1.82) is 0 Å². The quantitative estimate of drug-likeness (QED) is 0.0850. The van der Waals surface area contributed by atoms with Crippen molar-refractivity contribution in [3.05, 3.63) is 120 Å². The zero-order valence-electron chi connectivity index (χ0n) is 53.3. The maximum atomic E-state index is 12.7. The van der Waals surface area contributed by atoms with Crippen LogP contribution >= 0.6 is 184 Å². The average Bonchev–Trinajstić information content (AvgIpc) is 1.59. The molecule has 6 aromatic rings. The normalized spacial score (nSPS) is 21.3. The minimum atomic E-state index is -1.03. The molecule has 14 nitrogen and oxygen atoms in total. The highest BCUT2D eigenvalue weighted by molar-refractivity contribution is 14.1.